The van der Waals surface area contributed by atoms with E-state index in [1.165, 1.54) is 0 Å². The molecule has 0 radical (unpaired) electrons. The predicted molar refractivity (Wildman–Crippen MR) is 59.4 cm³/mol. The first kappa shape index (κ1) is 9.65. The zero-order valence-electron chi connectivity index (χ0n) is 8.29. The number of halogens is 1. The van der Waals surface area contributed by atoms with Gasteiger partial charge in [-0.05, 0) is 35.3 Å². The van der Waals surface area contributed by atoms with Crippen LogP contribution in [0.5, 0.6) is 0 Å². The number of aryl methyl sites for hydroxylation is 2. The molecule has 0 aromatic carbocycles. The lowest BCUT2D eigenvalue weighted by Crippen LogP contribution is -1.99. The molecule has 0 unspecified atom stereocenters. The Morgan fingerprint density at radius 1 is 1.50 bits per heavy atom. The smallest absolute Gasteiger partial charge is 0.169 e. The molecule has 2 rings (SSSR count). The predicted octanol–water partition coefficient (Wildman–Crippen LogP) is 2.75. The summed E-state index contributed by atoms with van der Waals surface area (Å²) in [7, 11) is 0. The molecule has 0 saturated heterocycles. The molecule has 0 aliphatic carbocycles. The van der Waals surface area contributed by atoms with Gasteiger partial charge in [0, 0.05) is 11.4 Å². The number of nitrogens with zero attached hydrogens (tertiary/aromatic N) is 3. The van der Waals surface area contributed by atoms with Gasteiger partial charge in [0.25, 0.3) is 0 Å². The molecule has 3 nitrogen and oxygen atoms in total. The standard InChI is InChI=1S/C10H12BrN3/c1-3-4-8-5-7(2)14-10(13-8)9(11)6-12-14/h5-6H,3-4H2,1-2H3. The molecule has 0 amide bonds. The molecule has 0 fully saturated rings. The molecule has 0 aliphatic rings. The molecule has 2 heterocycles. The van der Waals surface area contributed by atoms with Crippen LogP contribution < -0.4 is 0 Å². The summed E-state index contributed by atoms with van der Waals surface area (Å²) in [6, 6.07) is 2.09. The summed E-state index contributed by atoms with van der Waals surface area (Å²) in [5.74, 6) is 0. The van der Waals surface area contributed by atoms with E-state index in [0.717, 1.165) is 34.3 Å². The van der Waals surface area contributed by atoms with E-state index in [1.807, 2.05) is 11.4 Å². The second kappa shape index (κ2) is 3.69. The van der Waals surface area contributed by atoms with Crippen molar-refractivity contribution in [2.24, 2.45) is 0 Å². The van der Waals surface area contributed by atoms with Crippen molar-refractivity contribution in [1.29, 1.82) is 0 Å². The highest BCUT2D eigenvalue weighted by Gasteiger charge is 2.06. The molecule has 2 aromatic rings. The van der Waals surface area contributed by atoms with Crippen LogP contribution in [0.2, 0.25) is 0 Å². The van der Waals surface area contributed by atoms with Crippen LogP contribution in [-0.2, 0) is 6.42 Å². The van der Waals surface area contributed by atoms with Gasteiger partial charge in [-0.25, -0.2) is 9.50 Å². The van der Waals surface area contributed by atoms with E-state index >= 15 is 0 Å². The number of hydrogen-bond donors (Lipinski definition) is 0. The van der Waals surface area contributed by atoms with Gasteiger partial charge in [0.15, 0.2) is 5.65 Å². The Hall–Kier alpha value is -0.900. The Morgan fingerprint density at radius 2 is 2.29 bits per heavy atom. The lowest BCUT2D eigenvalue weighted by Gasteiger charge is -2.03. The molecule has 0 bridgehead atoms. The van der Waals surface area contributed by atoms with E-state index in [0.29, 0.717) is 0 Å². The van der Waals surface area contributed by atoms with Gasteiger partial charge in [-0.1, -0.05) is 13.3 Å². The summed E-state index contributed by atoms with van der Waals surface area (Å²) in [4.78, 5) is 4.54. The maximum atomic E-state index is 4.54. The van der Waals surface area contributed by atoms with Gasteiger partial charge >= 0.3 is 0 Å². The minimum absolute atomic E-state index is 0.911. The van der Waals surface area contributed by atoms with Crippen molar-refractivity contribution in [2.45, 2.75) is 26.7 Å². The van der Waals surface area contributed by atoms with Crippen molar-refractivity contribution >= 4 is 21.6 Å². The van der Waals surface area contributed by atoms with Crippen LogP contribution in [0.4, 0.5) is 0 Å². The van der Waals surface area contributed by atoms with Gasteiger partial charge in [-0.2, -0.15) is 5.10 Å². The fraction of sp³-hybridized carbons (Fsp3) is 0.400. The van der Waals surface area contributed by atoms with Crippen LogP contribution in [0.3, 0.4) is 0 Å². The second-order valence-electron chi connectivity index (χ2n) is 3.37. The van der Waals surface area contributed by atoms with Crippen LogP contribution in [0.25, 0.3) is 5.65 Å². The summed E-state index contributed by atoms with van der Waals surface area (Å²) >= 11 is 3.44. The molecular weight excluding hydrogens is 242 g/mol. The largest absolute Gasteiger partial charge is 0.233 e. The normalized spacial score (nSPS) is 11.1. The Morgan fingerprint density at radius 3 is 3.00 bits per heavy atom. The Kier molecular flexibility index (Phi) is 2.54. The topological polar surface area (TPSA) is 30.2 Å². The molecule has 4 heteroatoms. The lowest BCUT2D eigenvalue weighted by molar-refractivity contribution is 0.838. The zero-order valence-corrected chi connectivity index (χ0v) is 9.87. The third-order valence-electron chi connectivity index (χ3n) is 2.17. The summed E-state index contributed by atoms with van der Waals surface area (Å²) < 4.78 is 2.81. The lowest BCUT2D eigenvalue weighted by atomic mass is 10.2. The van der Waals surface area contributed by atoms with Gasteiger partial charge in [0.1, 0.15) is 0 Å². The first-order chi connectivity index (χ1) is 6.72. The number of hydrogen-bond acceptors (Lipinski definition) is 2. The van der Waals surface area contributed by atoms with Gasteiger partial charge in [0.05, 0.1) is 10.7 Å². The van der Waals surface area contributed by atoms with Crippen molar-refractivity contribution < 1.29 is 0 Å². The van der Waals surface area contributed by atoms with E-state index < -0.39 is 0 Å². The maximum Gasteiger partial charge on any atom is 0.169 e. The zero-order chi connectivity index (χ0) is 10.1. The van der Waals surface area contributed by atoms with Crippen LogP contribution in [0, 0.1) is 6.92 Å². The third-order valence-corrected chi connectivity index (χ3v) is 2.73. The summed E-state index contributed by atoms with van der Waals surface area (Å²) in [5, 5.41) is 4.23. The molecule has 0 atom stereocenters. The SMILES string of the molecule is CCCc1cc(C)n2ncc(Br)c2n1. The molecule has 0 spiro atoms. The highest BCUT2D eigenvalue weighted by Crippen LogP contribution is 2.17. The van der Waals surface area contributed by atoms with E-state index in [4.69, 9.17) is 0 Å². The highest BCUT2D eigenvalue weighted by molar-refractivity contribution is 9.10. The maximum absolute atomic E-state index is 4.54. The van der Waals surface area contributed by atoms with Gasteiger partial charge in [-0.3, -0.25) is 0 Å². The first-order valence-corrected chi connectivity index (χ1v) is 5.51. The van der Waals surface area contributed by atoms with E-state index in [1.54, 1.807) is 6.20 Å². The van der Waals surface area contributed by atoms with Crippen molar-refractivity contribution in [3.63, 3.8) is 0 Å². The fourth-order valence-electron chi connectivity index (χ4n) is 1.54. The van der Waals surface area contributed by atoms with Crippen LogP contribution in [0.15, 0.2) is 16.7 Å². The summed E-state index contributed by atoms with van der Waals surface area (Å²) in [6.07, 6.45) is 3.92. The van der Waals surface area contributed by atoms with E-state index in [9.17, 15) is 0 Å². The van der Waals surface area contributed by atoms with Crippen molar-refractivity contribution in [2.75, 3.05) is 0 Å². The minimum Gasteiger partial charge on any atom is -0.233 e. The molecular formula is C10H12BrN3. The molecule has 0 saturated carbocycles. The molecule has 74 valence electrons. The Balaban J connectivity index is 2.63. The van der Waals surface area contributed by atoms with Crippen LogP contribution in [0.1, 0.15) is 24.7 Å². The van der Waals surface area contributed by atoms with E-state index in [2.05, 4.69) is 39.0 Å². The van der Waals surface area contributed by atoms with Crippen molar-refractivity contribution in [3.8, 4) is 0 Å². The average molecular weight is 254 g/mol. The van der Waals surface area contributed by atoms with Crippen molar-refractivity contribution in [1.82, 2.24) is 14.6 Å². The van der Waals surface area contributed by atoms with E-state index in [-0.39, 0.29) is 0 Å². The average Bonchev–Trinajstić information content (AvgIpc) is 2.49. The molecule has 0 aliphatic heterocycles. The Labute approximate surface area is 91.3 Å². The highest BCUT2D eigenvalue weighted by atomic mass is 79.9. The summed E-state index contributed by atoms with van der Waals surface area (Å²) in [5.41, 5.74) is 3.18. The molecule has 2 aromatic heterocycles. The summed E-state index contributed by atoms with van der Waals surface area (Å²) in [6.45, 7) is 4.21. The third kappa shape index (κ3) is 1.54. The van der Waals surface area contributed by atoms with Crippen molar-refractivity contribution in [3.05, 3.63) is 28.1 Å². The molecule has 0 N–H and O–H groups in total. The first-order valence-electron chi connectivity index (χ1n) is 4.72. The number of rotatable bonds is 2. The van der Waals surface area contributed by atoms with Gasteiger partial charge in [-0.15, -0.1) is 0 Å². The van der Waals surface area contributed by atoms with Crippen LogP contribution >= 0.6 is 15.9 Å². The second-order valence-corrected chi connectivity index (χ2v) is 4.22. The monoisotopic (exact) mass is 253 g/mol. The van der Waals surface area contributed by atoms with Gasteiger partial charge < -0.3 is 0 Å². The fourth-order valence-corrected chi connectivity index (χ4v) is 1.88. The minimum atomic E-state index is 0.911. The Bertz CT molecular complexity index is 462. The molecule has 14 heavy (non-hydrogen) atoms. The number of aromatic nitrogens is 3. The number of fused-ring (bicyclic) bond motifs is 1. The quantitative estimate of drug-likeness (QED) is 0.824. The van der Waals surface area contributed by atoms with Gasteiger partial charge in [0.2, 0.25) is 0 Å². The van der Waals surface area contributed by atoms with Crippen LogP contribution in [-0.4, -0.2) is 14.6 Å².